The van der Waals surface area contributed by atoms with Gasteiger partial charge in [0.05, 0.1) is 13.2 Å². The Bertz CT molecular complexity index is 135. The number of hydrogen-bond acceptors (Lipinski definition) is 3. The van der Waals surface area contributed by atoms with Gasteiger partial charge in [0.25, 0.3) is 5.91 Å². The van der Waals surface area contributed by atoms with Crippen LogP contribution in [0.2, 0.25) is 0 Å². The fourth-order valence-corrected chi connectivity index (χ4v) is 0.964. The van der Waals surface area contributed by atoms with Crippen molar-refractivity contribution >= 4 is 5.91 Å². The van der Waals surface area contributed by atoms with Crippen molar-refractivity contribution in [2.45, 2.75) is 20.0 Å². The van der Waals surface area contributed by atoms with E-state index in [4.69, 9.17) is 9.57 Å². The van der Waals surface area contributed by atoms with Crippen LogP contribution in [0.1, 0.15) is 13.8 Å². The van der Waals surface area contributed by atoms with E-state index in [0.717, 1.165) is 0 Å². The summed E-state index contributed by atoms with van der Waals surface area (Å²) in [5.41, 5.74) is 0. The minimum atomic E-state index is -0.258. The maximum atomic E-state index is 11.0. The molecule has 11 heavy (non-hydrogen) atoms. The van der Waals surface area contributed by atoms with Crippen LogP contribution in [0.15, 0.2) is 0 Å². The van der Waals surface area contributed by atoms with Crippen LogP contribution in [-0.2, 0) is 14.4 Å². The van der Waals surface area contributed by atoms with Gasteiger partial charge in [-0.15, -0.1) is 0 Å². The summed E-state index contributed by atoms with van der Waals surface area (Å²) in [4.78, 5) is 16.0. The molecule has 4 nitrogen and oxygen atoms in total. The molecule has 0 saturated carbocycles. The molecule has 64 valence electrons. The highest BCUT2D eigenvalue weighted by atomic mass is 16.7. The highest BCUT2D eigenvalue weighted by Gasteiger charge is 2.38. The van der Waals surface area contributed by atoms with Crippen LogP contribution in [0.4, 0.5) is 0 Å². The second kappa shape index (κ2) is 3.69. The van der Waals surface area contributed by atoms with Crippen LogP contribution < -0.4 is 0 Å². The topological polar surface area (TPSA) is 38.8 Å². The van der Waals surface area contributed by atoms with Gasteiger partial charge in [0.15, 0.2) is 6.10 Å². The number of nitrogens with zero attached hydrogens (tertiary/aromatic N) is 1. The van der Waals surface area contributed by atoms with Gasteiger partial charge in [-0.1, -0.05) is 0 Å². The molecule has 0 bridgehead atoms. The first-order valence-corrected chi connectivity index (χ1v) is 3.85. The second-order valence-electron chi connectivity index (χ2n) is 2.26. The fourth-order valence-electron chi connectivity index (χ4n) is 0.964. The zero-order chi connectivity index (χ0) is 8.27. The largest absolute Gasteiger partial charge is 0.367 e. The van der Waals surface area contributed by atoms with Crippen LogP contribution in [-0.4, -0.2) is 36.8 Å². The van der Waals surface area contributed by atoms with Gasteiger partial charge < -0.3 is 4.74 Å². The molecule has 1 unspecified atom stereocenters. The van der Waals surface area contributed by atoms with Crippen molar-refractivity contribution in [3.63, 3.8) is 0 Å². The Hall–Kier alpha value is -0.610. The van der Waals surface area contributed by atoms with Gasteiger partial charge in [-0.05, 0) is 13.8 Å². The van der Waals surface area contributed by atoms with Crippen LogP contribution in [0.5, 0.6) is 0 Å². The van der Waals surface area contributed by atoms with Gasteiger partial charge in [-0.2, -0.15) is 0 Å². The highest BCUT2D eigenvalue weighted by Crippen LogP contribution is 2.13. The number of rotatable bonds is 4. The molecule has 0 radical (unpaired) electrons. The maximum absolute atomic E-state index is 11.0. The molecule has 1 rings (SSSR count). The summed E-state index contributed by atoms with van der Waals surface area (Å²) < 4.78 is 5.10. The average molecular weight is 159 g/mol. The minimum Gasteiger partial charge on any atom is -0.367 e. The fraction of sp³-hybridized carbons (Fsp3) is 0.857. The minimum absolute atomic E-state index is 0.0614. The number of carbonyl (C=O) groups excluding carboxylic acids is 1. The monoisotopic (exact) mass is 159 g/mol. The van der Waals surface area contributed by atoms with Crippen molar-refractivity contribution in [1.82, 2.24) is 5.06 Å². The van der Waals surface area contributed by atoms with E-state index in [1.807, 2.05) is 13.8 Å². The first-order valence-electron chi connectivity index (χ1n) is 3.85. The van der Waals surface area contributed by atoms with E-state index >= 15 is 0 Å². The third-order valence-electron chi connectivity index (χ3n) is 1.51. The van der Waals surface area contributed by atoms with Crippen LogP contribution in [0.25, 0.3) is 0 Å². The summed E-state index contributed by atoms with van der Waals surface area (Å²) in [5, 5.41) is 1.33. The van der Waals surface area contributed by atoms with E-state index in [1.54, 1.807) is 0 Å². The maximum Gasteiger partial charge on any atom is 0.277 e. The molecule has 0 N–H and O–H groups in total. The van der Waals surface area contributed by atoms with Gasteiger partial charge in [-0.25, -0.2) is 5.06 Å². The predicted octanol–water partition coefficient (Wildman–Crippen LogP) is 0.185. The lowest BCUT2D eigenvalue weighted by Gasteiger charge is -2.35. The molecule has 1 heterocycles. The number of hydroxylamine groups is 2. The van der Waals surface area contributed by atoms with E-state index in [2.05, 4.69) is 0 Å². The first kappa shape index (κ1) is 8.49. The Morgan fingerprint density at radius 1 is 1.55 bits per heavy atom. The van der Waals surface area contributed by atoms with E-state index < -0.39 is 0 Å². The van der Waals surface area contributed by atoms with Crippen molar-refractivity contribution in [3.8, 4) is 0 Å². The van der Waals surface area contributed by atoms with Gasteiger partial charge in [0, 0.05) is 6.61 Å². The number of β-lactam (4-membered cyclic amide) rings is 1. The molecule has 0 aromatic heterocycles. The van der Waals surface area contributed by atoms with E-state index in [9.17, 15) is 4.79 Å². The Morgan fingerprint density at radius 3 is 2.73 bits per heavy atom. The molecule has 0 spiro atoms. The summed E-state index contributed by atoms with van der Waals surface area (Å²) in [7, 11) is 0. The second-order valence-corrected chi connectivity index (χ2v) is 2.26. The predicted molar refractivity (Wildman–Crippen MR) is 38.8 cm³/mol. The van der Waals surface area contributed by atoms with Crippen molar-refractivity contribution in [1.29, 1.82) is 0 Å². The summed E-state index contributed by atoms with van der Waals surface area (Å²) in [6.07, 6.45) is -0.258. The Balaban J connectivity index is 2.21. The van der Waals surface area contributed by atoms with E-state index in [-0.39, 0.29) is 12.0 Å². The van der Waals surface area contributed by atoms with Crippen molar-refractivity contribution in [2.75, 3.05) is 19.8 Å². The highest BCUT2D eigenvalue weighted by molar-refractivity contribution is 5.85. The summed E-state index contributed by atoms with van der Waals surface area (Å²) in [6, 6.07) is 0. The van der Waals surface area contributed by atoms with Crippen molar-refractivity contribution in [3.05, 3.63) is 0 Å². The lowest BCUT2D eigenvalue weighted by atomic mass is 10.2. The lowest BCUT2D eigenvalue weighted by Crippen LogP contribution is -2.57. The third kappa shape index (κ3) is 1.70. The molecular weight excluding hydrogens is 146 g/mol. The Kier molecular flexibility index (Phi) is 2.84. The summed E-state index contributed by atoms with van der Waals surface area (Å²) >= 11 is 0. The molecular formula is C7H13NO3. The normalized spacial score (nSPS) is 23.6. The number of carbonyl (C=O) groups is 1. The van der Waals surface area contributed by atoms with Crippen LogP contribution >= 0.6 is 0 Å². The van der Waals surface area contributed by atoms with Crippen LogP contribution in [0, 0.1) is 0 Å². The van der Waals surface area contributed by atoms with Gasteiger partial charge in [-0.3, -0.25) is 9.63 Å². The van der Waals surface area contributed by atoms with Gasteiger partial charge >= 0.3 is 0 Å². The SMILES string of the molecule is CCOC1CN(OCC)C1=O. The molecule has 1 amide bonds. The zero-order valence-electron chi connectivity index (χ0n) is 6.87. The first-order chi connectivity index (χ1) is 5.29. The zero-order valence-corrected chi connectivity index (χ0v) is 6.87. The quantitative estimate of drug-likeness (QED) is 0.549. The molecule has 1 atom stereocenters. The summed E-state index contributed by atoms with van der Waals surface area (Å²) in [5.74, 6) is -0.0614. The third-order valence-corrected chi connectivity index (χ3v) is 1.51. The van der Waals surface area contributed by atoms with Gasteiger partial charge in [0.2, 0.25) is 0 Å². The molecule has 1 fully saturated rings. The van der Waals surface area contributed by atoms with E-state index in [0.29, 0.717) is 19.8 Å². The van der Waals surface area contributed by atoms with Crippen LogP contribution in [0.3, 0.4) is 0 Å². The number of ether oxygens (including phenoxy) is 1. The average Bonchev–Trinajstić information content (AvgIpc) is 2.02. The Labute approximate surface area is 66.0 Å². The standard InChI is InChI=1S/C7H13NO3/c1-3-10-6-5-8(7(6)9)11-4-2/h6H,3-5H2,1-2H3. The molecule has 4 heteroatoms. The Morgan fingerprint density at radius 2 is 2.27 bits per heavy atom. The van der Waals surface area contributed by atoms with Crippen molar-refractivity contribution < 1.29 is 14.4 Å². The van der Waals surface area contributed by atoms with E-state index in [1.165, 1.54) is 5.06 Å². The number of hydrogen-bond donors (Lipinski definition) is 0. The lowest BCUT2D eigenvalue weighted by molar-refractivity contribution is -0.233. The van der Waals surface area contributed by atoms with Gasteiger partial charge in [0.1, 0.15) is 0 Å². The molecule has 1 saturated heterocycles. The van der Waals surface area contributed by atoms with Crippen molar-refractivity contribution in [2.24, 2.45) is 0 Å². The molecule has 0 aromatic carbocycles. The molecule has 1 aliphatic rings. The molecule has 0 aliphatic carbocycles. The smallest absolute Gasteiger partial charge is 0.277 e. The molecule has 0 aromatic rings. The number of amides is 1. The summed E-state index contributed by atoms with van der Waals surface area (Å²) in [6.45, 7) is 5.40. The molecule has 1 aliphatic heterocycles.